The van der Waals surface area contributed by atoms with E-state index in [-0.39, 0.29) is 17.7 Å². The minimum Gasteiger partial charge on any atom is -0.447 e. The second-order valence-corrected chi connectivity index (χ2v) is 9.30. The molecule has 0 unspecified atom stereocenters. The average molecular weight is 501 g/mol. The Balaban J connectivity index is 1.74. The molecule has 0 radical (unpaired) electrons. The highest BCUT2D eigenvalue weighted by Crippen LogP contribution is 2.44. The van der Waals surface area contributed by atoms with Gasteiger partial charge in [-0.1, -0.05) is 67.2 Å². The van der Waals surface area contributed by atoms with Gasteiger partial charge in [0.1, 0.15) is 5.69 Å². The first-order valence-corrected chi connectivity index (χ1v) is 12.6. The maximum absolute atomic E-state index is 13.1. The van der Waals surface area contributed by atoms with Crippen LogP contribution in [-0.2, 0) is 4.79 Å². The third kappa shape index (κ3) is 4.35. The third-order valence-corrected chi connectivity index (χ3v) is 6.71. The van der Waals surface area contributed by atoms with E-state index >= 15 is 0 Å². The minimum absolute atomic E-state index is 0.247. The fourth-order valence-corrected chi connectivity index (χ4v) is 4.69. The summed E-state index contributed by atoms with van der Waals surface area (Å²) in [5.41, 5.74) is 3.60. The molecule has 1 amide bonds. The first kappa shape index (κ1) is 23.7. The SMILES string of the molecule is CCCSc1nnc2c(n1)O[C@H](c1cn(C(C)=O)nc1-c1ccccc1)N(C(C)=O)c1ccccc1-2. The molecular weight excluding hydrogens is 476 g/mol. The van der Waals surface area contributed by atoms with Crippen molar-refractivity contribution in [2.45, 2.75) is 38.6 Å². The van der Waals surface area contributed by atoms with Crippen LogP contribution in [0.1, 0.15) is 43.8 Å². The van der Waals surface area contributed by atoms with Crippen LogP contribution in [-0.4, -0.2) is 42.5 Å². The number of carbonyl (C=O) groups excluding carboxylic acids is 2. The van der Waals surface area contributed by atoms with Crippen LogP contribution in [0.15, 0.2) is 66.0 Å². The van der Waals surface area contributed by atoms with E-state index in [1.165, 1.54) is 30.3 Å². The van der Waals surface area contributed by atoms with Crippen molar-refractivity contribution >= 4 is 29.3 Å². The largest absolute Gasteiger partial charge is 0.447 e. The number of hydrogen-bond donors (Lipinski definition) is 0. The van der Waals surface area contributed by atoms with Gasteiger partial charge < -0.3 is 4.74 Å². The molecule has 2 aromatic heterocycles. The van der Waals surface area contributed by atoms with Crippen molar-refractivity contribution in [1.29, 1.82) is 0 Å². The van der Waals surface area contributed by atoms with E-state index in [1.54, 1.807) is 11.1 Å². The van der Waals surface area contributed by atoms with Crippen LogP contribution in [0.5, 0.6) is 5.88 Å². The summed E-state index contributed by atoms with van der Waals surface area (Å²) in [5.74, 6) is 0.594. The normalized spacial score (nSPS) is 14.4. The Labute approximate surface area is 212 Å². The lowest BCUT2D eigenvalue weighted by Crippen LogP contribution is -2.36. The number of anilines is 1. The number of nitrogens with zero attached hydrogens (tertiary/aromatic N) is 6. The highest BCUT2D eigenvalue weighted by atomic mass is 32.2. The molecule has 0 N–H and O–H groups in total. The van der Waals surface area contributed by atoms with E-state index in [9.17, 15) is 9.59 Å². The molecule has 36 heavy (non-hydrogen) atoms. The fourth-order valence-electron chi connectivity index (χ4n) is 4.06. The van der Waals surface area contributed by atoms with Crippen LogP contribution in [0.3, 0.4) is 0 Å². The molecule has 5 rings (SSSR count). The van der Waals surface area contributed by atoms with E-state index in [0.717, 1.165) is 17.7 Å². The van der Waals surface area contributed by atoms with Gasteiger partial charge in [-0.15, -0.1) is 10.2 Å². The molecule has 0 saturated carbocycles. The van der Waals surface area contributed by atoms with Gasteiger partial charge in [-0.05, 0) is 12.5 Å². The quantitative estimate of drug-likeness (QED) is 0.352. The lowest BCUT2D eigenvalue weighted by molar-refractivity contribution is -0.118. The summed E-state index contributed by atoms with van der Waals surface area (Å²) in [6.07, 6.45) is 1.62. The number of fused-ring (bicyclic) bond motifs is 3. The Kier molecular flexibility index (Phi) is 6.51. The maximum atomic E-state index is 13.1. The number of hydrogen-bond acceptors (Lipinski definition) is 8. The molecule has 1 atom stereocenters. The van der Waals surface area contributed by atoms with Crippen molar-refractivity contribution in [3.05, 3.63) is 66.4 Å². The molecule has 1 aliphatic heterocycles. The molecule has 0 saturated heterocycles. The van der Waals surface area contributed by atoms with E-state index in [4.69, 9.17) is 4.74 Å². The molecule has 2 aromatic carbocycles. The minimum atomic E-state index is -0.950. The Hall–Kier alpha value is -4.05. The van der Waals surface area contributed by atoms with Crippen molar-refractivity contribution in [3.8, 4) is 28.4 Å². The predicted octanol–water partition coefficient (Wildman–Crippen LogP) is 5.01. The molecular formula is C26H24N6O3S. The van der Waals surface area contributed by atoms with Gasteiger partial charge in [0.15, 0.2) is 5.69 Å². The number of para-hydroxylation sites is 1. The van der Waals surface area contributed by atoms with Gasteiger partial charge in [0.25, 0.3) is 0 Å². The van der Waals surface area contributed by atoms with Gasteiger partial charge in [0, 0.05) is 36.9 Å². The number of aromatic nitrogens is 5. The van der Waals surface area contributed by atoms with Crippen LogP contribution < -0.4 is 9.64 Å². The Morgan fingerprint density at radius 1 is 0.972 bits per heavy atom. The molecule has 182 valence electrons. The van der Waals surface area contributed by atoms with E-state index in [2.05, 4.69) is 27.2 Å². The summed E-state index contributed by atoms with van der Waals surface area (Å²) in [6, 6.07) is 16.9. The summed E-state index contributed by atoms with van der Waals surface area (Å²) in [6.45, 7) is 4.98. The first-order valence-electron chi connectivity index (χ1n) is 11.6. The molecule has 4 aromatic rings. The summed E-state index contributed by atoms with van der Waals surface area (Å²) in [5, 5.41) is 13.8. The lowest BCUT2D eigenvalue weighted by Gasteiger charge is -2.29. The second-order valence-electron chi connectivity index (χ2n) is 8.24. The molecule has 0 fully saturated rings. The summed E-state index contributed by atoms with van der Waals surface area (Å²) in [4.78, 5) is 31.6. The molecule has 0 bridgehead atoms. The molecule has 1 aliphatic rings. The summed E-state index contributed by atoms with van der Waals surface area (Å²) >= 11 is 1.49. The second kappa shape index (κ2) is 9.90. The van der Waals surface area contributed by atoms with Crippen LogP contribution >= 0.6 is 11.8 Å². The van der Waals surface area contributed by atoms with Gasteiger partial charge in [0.05, 0.1) is 11.3 Å². The Morgan fingerprint density at radius 3 is 2.44 bits per heavy atom. The van der Waals surface area contributed by atoms with Crippen molar-refractivity contribution in [2.24, 2.45) is 0 Å². The van der Waals surface area contributed by atoms with E-state index in [0.29, 0.717) is 33.4 Å². The average Bonchev–Trinajstić information content (AvgIpc) is 3.28. The molecule has 3 heterocycles. The number of ether oxygens (including phenoxy) is 1. The topological polar surface area (TPSA) is 103 Å². The molecule has 0 spiro atoms. The van der Waals surface area contributed by atoms with Gasteiger partial charge in [-0.25, -0.2) is 4.68 Å². The zero-order chi connectivity index (χ0) is 25.2. The molecule has 10 heteroatoms. The van der Waals surface area contributed by atoms with Crippen molar-refractivity contribution in [2.75, 3.05) is 10.7 Å². The highest BCUT2D eigenvalue weighted by Gasteiger charge is 2.37. The zero-order valence-electron chi connectivity index (χ0n) is 20.1. The molecule has 9 nitrogen and oxygen atoms in total. The monoisotopic (exact) mass is 500 g/mol. The number of thioether (sulfide) groups is 1. The van der Waals surface area contributed by atoms with Crippen molar-refractivity contribution in [3.63, 3.8) is 0 Å². The van der Waals surface area contributed by atoms with Crippen LogP contribution in [0.4, 0.5) is 5.69 Å². The predicted molar refractivity (Wildman–Crippen MR) is 137 cm³/mol. The zero-order valence-corrected chi connectivity index (χ0v) is 20.9. The van der Waals surface area contributed by atoms with Crippen molar-refractivity contribution in [1.82, 2.24) is 25.0 Å². The number of carbonyl (C=O) groups is 2. The van der Waals surface area contributed by atoms with Gasteiger partial charge in [-0.2, -0.15) is 10.1 Å². The van der Waals surface area contributed by atoms with Crippen LogP contribution in [0, 0.1) is 0 Å². The van der Waals surface area contributed by atoms with E-state index in [1.807, 2.05) is 54.6 Å². The lowest BCUT2D eigenvalue weighted by atomic mass is 10.1. The number of amides is 1. The van der Waals surface area contributed by atoms with Crippen molar-refractivity contribution < 1.29 is 14.3 Å². The Morgan fingerprint density at radius 2 is 1.72 bits per heavy atom. The smallest absolute Gasteiger partial charge is 0.247 e. The molecule has 0 aliphatic carbocycles. The van der Waals surface area contributed by atoms with Gasteiger partial charge in [0.2, 0.25) is 29.1 Å². The van der Waals surface area contributed by atoms with Crippen LogP contribution in [0.2, 0.25) is 0 Å². The third-order valence-electron chi connectivity index (χ3n) is 5.66. The van der Waals surface area contributed by atoms with Crippen LogP contribution in [0.25, 0.3) is 22.5 Å². The van der Waals surface area contributed by atoms with Gasteiger partial charge >= 0.3 is 0 Å². The number of rotatable bonds is 5. The fraction of sp³-hybridized carbons (Fsp3) is 0.231. The standard InChI is InChI=1S/C26H24N6O3S/c1-4-14-36-26-27-24-23(28-29-26)19-12-8-9-13-21(19)32(17(3)34)25(35-24)20-15-31(16(2)33)30-22(20)18-10-6-5-7-11-18/h5-13,15,25H,4,14H2,1-3H3/t25-/m1/s1. The Bertz CT molecular complexity index is 1440. The number of benzene rings is 2. The summed E-state index contributed by atoms with van der Waals surface area (Å²) < 4.78 is 7.75. The van der Waals surface area contributed by atoms with E-state index < -0.39 is 6.23 Å². The maximum Gasteiger partial charge on any atom is 0.247 e. The van der Waals surface area contributed by atoms with Gasteiger partial charge in [-0.3, -0.25) is 14.5 Å². The highest BCUT2D eigenvalue weighted by molar-refractivity contribution is 7.99. The first-order chi connectivity index (χ1) is 17.5. The summed E-state index contributed by atoms with van der Waals surface area (Å²) in [7, 11) is 0.